The fourth-order valence-corrected chi connectivity index (χ4v) is 1.29. The van der Waals surface area contributed by atoms with Crippen molar-refractivity contribution in [1.29, 1.82) is 0 Å². The maximum Gasteiger partial charge on any atom is 0.319 e. The van der Waals surface area contributed by atoms with Crippen LogP contribution in [0.1, 0.15) is 26.2 Å². The number of imidazole rings is 1. The van der Waals surface area contributed by atoms with Gasteiger partial charge in [0.05, 0.1) is 6.54 Å². The summed E-state index contributed by atoms with van der Waals surface area (Å²) in [7, 11) is 1.62. The Bertz CT molecular complexity index is 373. The average Bonchev–Trinajstić information content (AvgIpc) is 2.71. The van der Waals surface area contributed by atoms with E-state index in [1.807, 2.05) is 13.8 Å². The molecule has 1 rings (SSSR count). The average molecular weight is 245 g/mol. The van der Waals surface area contributed by atoms with Crippen LogP contribution in [0.5, 0.6) is 0 Å². The lowest BCUT2D eigenvalue weighted by atomic mass is 10.4. The van der Waals surface area contributed by atoms with Gasteiger partial charge in [-0.3, -0.25) is 9.56 Å². The van der Waals surface area contributed by atoms with E-state index in [-0.39, 0.29) is 18.4 Å². The zero-order valence-corrected chi connectivity index (χ0v) is 10.1. The second-order valence-electron chi connectivity index (χ2n) is 3.75. The molecule has 0 fully saturated rings. The van der Waals surface area contributed by atoms with Crippen molar-refractivity contribution in [2.24, 2.45) is 4.99 Å². The van der Waals surface area contributed by atoms with Gasteiger partial charge in [0.15, 0.2) is 5.96 Å². The molecule has 0 atom stereocenters. The summed E-state index contributed by atoms with van der Waals surface area (Å²) in [6.07, 6.45) is 2.60. The highest BCUT2D eigenvalue weighted by Gasteiger charge is 2.11. The van der Waals surface area contributed by atoms with Gasteiger partial charge in [-0.05, 0) is 13.8 Å². The lowest BCUT2D eigenvalue weighted by molar-refractivity contribution is 0.0668. The summed E-state index contributed by atoms with van der Waals surface area (Å²) < 4.78 is 25.9. The first-order valence-corrected chi connectivity index (χ1v) is 5.31. The molecule has 0 aromatic carbocycles. The molecule has 0 unspecified atom stereocenters. The van der Waals surface area contributed by atoms with Crippen LogP contribution < -0.4 is 10.6 Å². The molecule has 0 bridgehead atoms. The van der Waals surface area contributed by atoms with Crippen LogP contribution in [0.2, 0.25) is 0 Å². The van der Waals surface area contributed by atoms with Gasteiger partial charge < -0.3 is 10.6 Å². The van der Waals surface area contributed by atoms with Crippen LogP contribution in [0.4, 0.5) is 8.78 Å². The predicted octanol–water partition coefficient (Wildman–Crippen LogP) is 1.35. The Morgan fingerprint density at radius 3 is 2.76 bits per heavy atom. The molecule has 0 saturated carbocycles. The Kier molecular flexibility index (Phi) is 4.86. The molecule has 0 aliphatic carbocycles. The summed E-state index contributed by atoms with van der Waals surface area (Å²) in [6, 6.07) is 0.219. The largest absolute Gasteiger partial charge is 0.354 e. The molecular formula is C10H17F2N5. The molecule has 2 N–H and O–H groups in total. The molecule has 17 heavy (non-hydrogen) atoms. The number of nitrogens with one attached hydrogen (secondary N) is 2. The molecule has 1 aromatic heterocycles. The Hall–Kier alpha value is -1.66. The Labute approximate surface area is 99.0 Å². The normalized spacial score (nSPS) is 12.3. The van der Waals surface area contributed by atoms with E-state index in [0.717, 1.165) is 4.57 Å². The summed E-state index contributed by atoms with van der Waals surface area (Å²) in [5.74, 6) is 0.829. The zero-order chi connectivity index (χ0) is 12.8. The molecule has 0 spiro atoms. The van der Waals surface area contributed by atoms with E-state index in [1.54, 1.807) is 7.05 Å². The highest BCUT2D eigenvalue weighted by atomic mass is 19.3. The molecule has 5 nitrogen and oxygen atoms in total. The second-order valence-corrected chi connectivity index (χ2v) is 3.75. The molecule has 0 saturated heterocycles. The van der Waals surface area contributed by atoms with E-state index in [2.05, 4.69) is 20.6 Å². The molecule has 1 aromatic rings. The van der Waals surface area contributed by atoms with Crippen molar-refractivity contribution in [3.63, 3.8) is 0 Å². The first-order chi connectivity index (χ1) is 8.04. The predicted molar refractivity (Wildman–Crippen MR) is 62.0 cm³/mol. The maximum atomic E-state index is 12.5. The van der Waals surface area contributed by atoms with E-state index in [4.69, 9.17) is 0 Å². The number of hydrogen-bond donors (Lipinski definition) is 2. The van der Waals surface area contributed by atoms with Gasteiger partial charge >= 0.3 is 6.55 Å². The fraction of sp³-hybridized carbons (Fsp3) is 0.600. The summed E-state index contributed by atoms with van der Waals surface area (Å²) in [6.45, 7) is 1.55. The zero-order valence-electron chi connectivity index (χ0n) is 10.1. The number of hydrogen-bond acceptors (Lipinski definition) is 2. The van der Waals surface area contributed by atoms with Gasteiger partial charge in [-0.2, -0.15) is 8.78 Å². The molecule has 7 heteroatoms. The van der Waals surface area contributed by atoms with Crippen LogP contribution in [-0.2, 0) is 6.54 Å². The minimum Gasteiger partial charge on any atom is -0.354 e. The van der Waals surface area contributed by atoms with Crippen LogP contribution >= 0.6 is 0 Å². The number of nitrogens with zero attached hydrogens (tertiary/aromatic N) is 3. The topological polar surface area (TPSA) is 54.2 Å². The van der Waals surface area contributed by atoms with Gasteiger partial charge in [0, 0.05) is 25.5 Å². The van der Waals surface area contributed by atoms with Gasteiger partial charge in [0.2, 0.25) is 0 Å². The molecular weight excluding hydrogens is 228 g/mol. The molecule has 1 heterocycles. The van der Waals surface area contributed by atoms with E-state index >= 15 is 0 Å². The number of aromatic nitrogens is 2. The quantitative estimate of drug-likeness (QED) is 0.622. The van der Waals surface area contributed by atoms with Crippen LogP contribution in [0.25, 0.3) is 0 Å². The molecule has 0 aliphatic rings. The van der Waals surface area contributed by atoms with Crippen molar-refractivity contribution < 1.29 is 8.78 Å². The number of rotatable bonds is 4. The van der Waals surface area contributed by atoms with Gasteiger partial charge in [-0.25, -0.2) is 4.98 Å². The minimum absolute atomic E-state index is 0.198. The number of alkyl halides is 2. The first kappa shape index (κ1) is 13.4. The van der Waals surface area contributed by atoms with E-state index < -0.39 is 6.55 Å². The first-order valence-electron chi connectivity index (χ1n) is 5.31. The van der Waals surface area contributed by atoms with Gasteiger partial charge in [-0.1, -0.05) is 0 Å². The number of halogens is 2. The van der Waals surface area contributed by atoms with Gasteiger partial charge in [0.1, 0.15) is 5.82 Å². The lowest BCUT2D eigenvalue weighted by Gasteiger charge is -2.14. The summed E-state index contributed by atoms with van der Waals surface area (Å²) >= 11 is 0. The summed E-state index contributed by atoms with van der Waals surface area (Å²) in [5.41, 5.74) is 0. The van der Waals surface area contributed by atoms with Crippen molar-refractivity contribution in [1.82, 2.24) is 20.2 Å². The van der Waals surface area contributed by atoms with Crippen LogP contribution in [0.3, 0.4) is 0 Å². The molecule has 0 aliphatic heterocycles. The summed E-state index contributed by atoms with van der Waals surface area (Å²) in [5, 5.41) is 5.98. The molecule has 96 valence electrons. The maximum absolute atomic E-state index is 12.5. The van der Waals surface area contributed by atoms with Crippen molar-refractivity contribution in [3.05, 3.63) is 18.2 Å². The third kappa shape index (κ3) is 4.01. The minimum atomic E-state index is -2.57. The van der Waals surface area contributed by atoms with Crippen LogP contribution in [0, 0.1) is 0 Å². The van der Waals surface area contributed by atoms with Crippen molar-refractivity contribution in [3.8, 4) is 0 Å². The Balaban J connectivity index is 2.57. The van der Waals surface area contributed by atoms with Crippen molar-refractivity contribution in [2.75, 3.05) is 7.05 Å². The van der Waals surface area contributed by atoms with E-state index in [9.17, 15) is 8.78 Å². The van der Waals surface area contributed by atoms with Gasteiger partial charge in [-0.15, -0.1) is 0 Å². The van der Waals surface area contributed by atoms with Gasteiger partial charge in [0.25, 0.3) is 0 Å². The Morgan fingerprint density at radius 2 is 2.24 bits per heavy atom. The fourth-order valence-electron chi connectivity index (χ4n) is 1.29. The third-order valence-electron chi connectivity index (χ3n) is 2.02. The number of guanidine groups is 1. The molecule has 0 radical (unpaired) electrons. The van der Waals surface area contributed by atoms with Crippen molar-refractivity contribution in [2.45, 2.75) is 33.0 Å². The Morgan fingerprint density at radius 1 is 1.53 bits per heavy atom. The highest BCUT2D eigenvalue weighted by molar-refractivity contribution is 5.79. The SMILES string of the molecule is CN=C(NCc1nccn1C(F)F)NC(C)C. The lowest BCUT2D eigenvalue weighted by Crippen LogP contribution is -2.41. The van der Waals surface area contributed by atoms with E-state index in [0.29, 0.717) is 5.96 Å². The standard InChI is InChI=1S/C10H17F2N5/c1-7(2)16-10(13-3)15-6-8-14-4-5-17(8)9(11)12/h4-5,7,9H,6H2,1-3H3,(H2,13,15,16). The second kappa shape index (κ2) is 6.17. The van der Waals surface area contributed by atoms with E-state index in [1.165, 1.54) is 12.4 Å². The van der Waals surface area contributed by atoms with Crippen LogP contribution in [-0.4, -0.2) is 28.6 Å². The van der Waals surface area contributed by atoms with Crippen molar-refractivity contribution >= 4 is 5.96 Å². The molecule has 0 amide bonds. The highest BCUT2D eigenvalue weighted by Crippen LogP contribution is 2.11. The summed E-state index contributed by atoms with van der Waals surface area (Å²) in [4.78, 5) is 7.83. The smallest absolute Gasteiger partial charge is 0.319 e. The monoisotopic (exact) mass is 245 g/mol. The van der Waals surface area contributed by atoms with Crippen LogP contribution in [0.15, 0.2) is 17.4 Å². The third-order valence-corrected chi connectivity index (χ3v) is 2.02. The number of aliphatic imine (C=N–C) groups is 1.